The highest BCUT2D eigenvalue weighted by Crippen LogP contribution is 2.43. The summed E-state index contributed by atoms with van der Waals surface area (Å²) in [5, 5.41) is 0. The molecule has 0 aromatic heterocycles. The third-order valence-corrected chi connectivity index (χ3v) is 12.0. The van der Waals surface area contributed by atoms with E-state index in [1.807, 2.05) is 0 Å². The fraction of sp³-hybridized carbons (Fsp3) is 0.863. The van der Waals surface area contributed by atoms with E-state index >= 15 is 0 Å². The quantitative estimate of drug-likeness (QED) is 0.0269. The Morgan fingerprint density at radius 2 is 0.883 bits per heavy atom. The molecular formula is C51H98NO7P. The third kappa shape index (κ3) is 47.8. The molecule has 2 atom stereocenters. The van der Waals surface area contributed by atoms with Crippen molar-refractivity contribution < 1.29 is 32.8 Å². The van der Waals surface area contributed by atoms with E-state index in [4.69, 9.17) is 24.3 Å². The van der Waals surface area contributed by atoms with E-state index < -0.39 is 13.9 Å². The molecule has 0 saturated heterocycles. The van der Waals surface area contributed by atoms with E-state index in [0.717, 1.165) is 44.9 Å². The molecule has 0 aromatic rings. The second-order valence-electron chi connectivity index (χ2n) is 17.0. The van der Waals surface area contributed by atoms with E-state index in [2.05, 4.69) is 50.3 Å². The van der Waals surface area contributed by atoms with Gasteiger partial charge < -0.3 is 20.1 Å². The Morgan fingerprint density at radius 3 is 1.32 bits per heavy atom. The van der Waals surface area contributed by atoms with Crippen molar-refractivity contribution in [2.75, 3.05) is 33.0 Å². The first kappa shape index (κ1) is 58.7. The van der Waals surface area contributed by atoms with Crippen LogP contribution >= 0.6 is 7.82 Å². The number of hydrogen-bond donors (Lipinski definition) is 2. The van der Waals surface area contributed by atoms with Crippen molar-refractivity contribution in [2.24, 2.45) is 5.73 Å². The molecule has 0 radical (unpaired) electrons. The van der Waals surface area contributed by atoms with Gasteiger partial charge in [-0.15, -0.1) is 0 Å². The van der Waals surface area contributed by atoms with Gasteiger partial charge in [0, 0.05) is 19.6 Å². The lowest BCUT2D eigenvalue weighted by Crippen LogP contribution is -2.28. The van der Waals surface area contributed by atoms with Crippen molar-refractivity contribution in [3.63, 3.8) is 0 Å². The second kappa shape index (κ2) is 48.7. The number of ether oxygens (including phenoxy) is 2. The van der Waals surface area contributed by atoms with Gasteiger partial charge in [-0.3, -0.25) is 13.8 Å². The summed E-state index contributed by atoms with van der Waals surface area (Å²) in [7, 11) is -4.28. The molecule has 3 N–H and O–H groups in total. The van der Waals surface area contributed by atoms with Crippen LogP contribution in [0.4, 0.5) is 0 Å². The van der Waals surface area contributed by atoms with E-state index in [0.29, 0.717) is 13.0 Å². The molecule has 0 spiro atoms. The largest absolute Gasteiger partial charge is 0.472 e. The molecule has 0 aliphatic heterocycles. The number of nitrogens with two attached hydrogens (primary N) is 1. The Morgan fingerprint density at radius 1 is 0.500 bits per heavy atom. The zero-order valence-corrected chi connectivity index (χ0v) is 40.3. The van der Waals surface area contributed by atoms with Crippen LogP contribution in [-0.2, 0) is 27.9 Å². The summed E-state index contributed by atoms with van der Waals surface area (Å²) >= 11 is 0. The van der Waals surface area contributed by atoms with Crippen LogP contribution in [0.25, 0.3) is 0 Å². The smallest absolute Gasteiger partial charge is 0.457 e. The monoisotopic (exact) mass is 868 g/mol. The lowest BCUT2D eigenvalue weighted by molar-refractivity contribution is -0.154. The maximum absolute atomic E-state index is 12.6. The Balaban J connectivity index is 3.90. The average Bonchev–Trinajstić information content (AvgIpc) is 3.24. The highest BCUT2D eigenvalue weighted by Gasteiger charge is 2.25. The molecule has 0 heterocycles. The van der Waals surface area contributed by atoms with Crippen LogP contribution in [-0.4, -0.2) is 49.9 Å². The molecular weight excluding hydrogens is 770 g/mol. The number of carbonyl (C=O) groups excluding carboxylic acids is 1. The van der Waals surface area contributed by atoms with Crippen LogP contribution in [0.1, 0.15) is 245 Å². The first-order valence-electron chi connectivity index (χ1n) is 25.5. The van der Waals surface area contributed by atoms with Gasteiger partial charge in [-0.25, -0.2) is 4.57 Å². The Bertz CT molecular complexity index is 1020. The fourth-order valence-corrected chi connectivity index (χ4v) is 8.07. The van der Waals surface area contributed by atoms with Crippen LogP contribution in [0.2, 0.25) is 0 Å². The van der Waals surface area contributed by atoms with E-state index in [-0.39, 0.29) is 32.3 Å². The molecule has 8 nitrogen and oxygen atoms in total. The van der Waals surface area contributed by atoms with Crippen LogP contribution in [0.3, 0.4) is 0 Å². The first-order valence-corrected chi connectivity index (χ1v) is 27.0. The Labute approximate surface area is 371 Å². The summed E-state index contributed by atoms with van der Waals surface area (Å²) in [6, 6.07) is 0. The summed E-state index contributed by atoms with van der Waals surface area (Å²) in [4.78, 5) is 22.6. The molecule has 0 bridgehead atoms. The summed E-state index contributed by atoms with van der Waals surface area (Å²) < 4.78 is 33.6. The summed E-state index contributed by atoms with van der Waals surface area (Å²) in [6.07, 6.45) is 57.5. The van der Waals surface area contributed by atoms with Crippen molar-refractivity contribution in [2.45, 2.75) is 251 Å². The van der Waals surface area contributed by atoms with Crippen molar-refractivity contribution in [3.8, 4) is 0 Å². The number of esters is 1. The van der Waals surface area contributed by atoms with Crippen LogP contribution in [0, 0.1) is 0 Å². The zero-order chi connectivity index (χ0) is 43.7. The van der Waals surface area contributed by atoms with Gasteiger partial charge >= 0.3 is 13.8 Å². The number of phosphoric acid groups is 1. The fourth-order valence-electron chi connectivity index (χ4n) is 7.30. The molecule has 0 aliphatic carbocycles. The summed E-state index contributed by atoms with van der Waals surface area (Å²) in [5.74, 6) is -0.328. The number of hydrogen-bond acceptors (Lipinski definition) is 7. The minimum Gasteiger partial charge on any atom is -0.457 e. The van der Waals surface area contributed by atoms with Crippen molar-refractivity contribution >= 4 is 13.8 Å². The second-order valence-corrected chi connectivity index (χ2v) is 18.5. The van der Waals surface area contributed by atoms with Crippen LogP contribution in [0.15, 0.2) is 36.5 Å². The number of phosphoric ester groups is 1. The highest BCUT2D eigenvalue weighted by atomic mass is 31.2. The number of rotatable bonds is 49. The molecule has 0 aromatic carbocycles. The number of carbonyl (C=O) groups is 1. The zero-order valence-electron chi connectivity index (χ0n) is 39.5. The van der Waals surface area contributed by atoms with Gasteiger partial charge in [-0.05, 0) is 51.4 Å². The number of allylic oxidation sites excluding steroid dienone is 6. The van der Waals surface area contributed by atoms with Gasteiger partial charge in [0.05, 0.1) is 19.8 Å². The minimum absolute atomic E-state index is 0.0945. The van der Waals surface area contributed by atoms with Crippen LogP contribution < -0.4 is 5.73 Å². The van der Waals surface area contributed by atoms with Gasteiger partial charge in [0.25, 0.3) is 0 Å². The van der Waals surface area contributed by atoms with Crippen molar-refractivity contribution in [1.82, 2.24) is 0 Å². The van der Waals surface area contributed by atoms with Crippen molar-refractivity contribution in [3.05, 3.63) is 36.5 Å². The number of unbranched alkanes of at least 4 members (excludes halogenated alkanes) is 30. The van der Waals surface area contributed by atoms with Gasteiger partial charge in [0.1, 0.15) is 6.10 Å². The maximum Gasteiger partial charge on any atom is 0.472 e. The highest BCUT2D eigenvalue weighted by molar-refractivity contribution is 7.47. The van der Waals surface area contributed by atoms with Gasteiger partial charge in [0.15, 0.2) is 0 Å². The molecule has 0 rings (SSSR count). The van der Waals surface area contributed by atoms with Gasteiger partial charge in [-0.1, -0.05) is 224 Å². The molecule has 2 unspecified atom stereocenters. The van der Waals surface area contributed by atoms with Crippen LogP contribution in [0.5, 0.6) is 0 Å². The Hall–Kier alpha value is -1.28. The first-order chi connectivity index (χ1) is 29.4. The van der Waals surface area contributed by atoms with E-state index in [1.165, 1.54) is 180 Å². The predicted molar refractivity (Wildman–Crippen MR) is 256 cm³/mol. The minimum atomic E-state index is -4.28. The predicted octanol–water partition coefficient (Wildman–Crippen LogP) is 15.8. The lowest BCUT2D eigenvalue weighted by Gasteiger charge is -2.20. The molecule has 0 aliphatic rings. The SMILES string of the molecule is CCCCCCC/C=C\C/C=C\C/C=C\CCCCCCCCCCCCCOCC(COP(=O)(O)OCCN)OC(=O)CCCCCCCCCCCCCCCCC. The van der Waals surface area contributed by atoms with E-state index in [9.17, 15) is 14.3 Å². The third-order valence-electron chi connectivity index (χ3n) is 11.1. The van der Waals surface area contributed by atoms with Gasteiger partial charge in [0.2, 0.25) is 0 Å². The van der Waals surface area contributed by atoms with Gasteiger partial charge in [-0.2, -0.15) is 0 Å². The molecule has 60 heavy (non-hydrogen) atoms. The molecule has 0 fully saturated rings. The Kier molecular flexibility index (Phi) is 47.7. The standard InChI is InChI=1S/C51H98NO7P/c1-3-5-7-9-11-13-15-17-19-20-21-22-23-24-25-26-27-28-29-31-33-35-37-39-41-43-46-56-48-50(49-58-60(54,55)57-47-45-52)59-51(53)44-42-40-38-36-34-32-30-18-16-14-12-10-8-6-4-2/h15,17,20-21,23-24,50H,3-14,16,18-19,22,25-49,52H2,1-2H3,(H,54,55)/b17-15-,21-20-,24-23-. The normalized spacial score (nSPS) is 13.6. The molecule has 0 amide bonds. The maximum atomic E-state index is 12.6. The summed E-state index contributed by atoms with van der Waals surface area (Å²) in [6.45, 7) is 4.94. The summed E-state index contributed by atoms with van der Waals surface area (Å²) in [5.41, 5.74) is 5.38. The van der Waals surface area contributed by atoms with Crippen molar-refractivity contribution in [1.29, 1.82) is 0 Å². The molecule has 0 saturated carbocycles. The molecule has 354 valence electrons. The molecule has 9 heteroatoms. The topological polar surface area (TPSA) is 117 Å². The van der Waals surface area contributed by atoms with E-state index in [1.54, 1.807) is 0 Å². The lowest BCUT2D eigenvalue weighted by atomic mass is 10.0. The average molecular weight is 868 g/mol.